The lowest BCUT2D eigenvalue weighted by Crippen LogP contribution is -2.02. The van der Waals surface area contributed by atoms with Crippen molar-refractivity contribution in [2.24, 2.45) is 0 Å². The van der Waals surface area contributed by atoms with Crippen LogP contribution in [0.5, 0.6) is 0 Å². The highest BCUT2D eigenvalue weighted by molar-refractivity contribution is 7.15. The standard InChI is InChI=1S/C11H11NO3S/c1-6-4-5-8(16-6)10-9(11(13)14-3)12-7(2)15-10/h4-5H,1-3H3. The molecule has 5 heteroatoms. The lowest BCUT2D eigenvalue weighted by molar-refractivity contribution is 0.0595. The molecule has 0 bridgehead atoms. The molecule has 0 fully saturated rings. The van der Waals surface area contributed by atoms with Crippen LogP contribution in [0.25, 0.3) is 10.6 Å². The molecule has 0 aliphatic heterocycles. The van der Waals surface area contributed by atoms with E-state index in [1.807, 2.05) is 19.1 Å². The molecule has 2 aromatic rings. The summed E-state index contributed by atoms with van der Waals surface area (Å²) >= 11 is 1.55. The number of carbonyl (C=O) groups is 1. The van der Waals surface area contributed by atoms with Gasteiger partial charge in [0.2, 0.25) is 0 Å². The van der Waals surface area contributed by atoms with Gasteiger partial charge in [-0.3, -0.25) is 0 Å². The molecular weight excluding hydrogens is 226 g/mol. The Hall–Kier alpha value is -1.62. The normalized spacial score (nSPS) is 10.4. The number of rotatable bonds is 2. The molecule has 0 spiro atoms. The highest BCUT2D eigenvalue weighted by Gasteiger charge is 2.21. The summed E-state index contributed by atoms with van der Waals surface area (Å²) in [6, 6.07) is 3.88. The summed E-state index contributed by atoms with van der Waals surface area (Å²) in [5.74, 6) is 0.474. The van der Waals surface area contributed by atoms with Gasteiger partial charge in [0.25, 0.3) is 0 Å². The third kappa shape index (κ3) is 1.86. The molecule has 0 saturated heterocycles. The molecule has 2 rings (SSSR count). The van der Waals surface area contributed by atoms with E-state index in [9.17, 15) is 4.79 Å². The van der Waals surface area contributed by atoms with Crippen molar-refractivity contribution < 1.29 is 13.9 Å². The van der Waals surface area contributed by atoms with Crippen molar-refractivity contribution in [1.29, 1.82) is 0 Å². The molecule has 4 nitrogen and oxygen atoms in total. The smallest absolute Gasteiger partial charge is 0.360 e. The highest BCUT2D eigenvalue weighted by atomic mass is 32.1. The number of oxazole rings is 1. The summed E-state index contributed by atoms with van der Waals surface area (Å²) in [4.78, 5) is 17.6. The van der Waals surface area contributed by atoms with Gasteiger partial charge in [-0.05, 0) is 19.1 Å². The van der Waals surface area contributed by atoms with Gasteiger partial charge in [0, 0.05) is 11.8 Å². The van der Waals surface area contributed by atoms with Crippen LogP contribution in [0.3, 0.4) is 0 Å². The number of nitrogens with zero attached hydrogens (tertiary/aromatic N) is 1. The fourth-order valence-electron chi connectivity index (χ4n) is 1.39. The van der Waals surface area contributed by atoms with Crippen molar-refractivity contribution in [2.75, 3.05) is 7.11 Å². The van der Waals surface area contributed by atoms with Gasteiger partial charge in [-0.15, -0.1) is 11.3 Å². The Morgan fingerprint density at radius 1 is 1.44 bits per heavy atom. The minimum Gasteiger partial charge on any atom is -0.464 e. The number of esters is 1. The summed E-state index contributed by atoms with van der Waals surface area (Å²) in [5, 5.41) is 0. The number of ether oxygens (including phenoxy) is 1. The molecule has 0 saturated carbocycles. The van der Waals surface area contributed by atoms with Crippen LogP contribution in [0.2, 0.25) is 0 Å². The SMILES string of the molecule is COC(=O)c1nc(C)oc1-c1ccc(C)s1. The minimum absolute atomic E-state index is 0.238. The van der Waals surface area contributed by atoms with E-state index in [1.54, 1.807) is 18.3 Å². The van der Waals surface area contributed by atoms with E-state index in [-0.39, 0.29) is 5.69 Å². The quantitative estimate of drug-likeness (QED) is 0.754. The largest absolute Gasteiger partial charge is 0.464 e. The molecule has 0 atom stereocenters. The summed E-state index contributed by atoms with van der Waals surface area (Å²) in [6.07, 6.45) is 0. The van der Waals surface area contributed by atoms with Crippen molar-refractivity contribution in [1.82, 2.24) is 4.98 Å². The lowest BCUT2D eigenvalue weighted by atomic mass is 10.3. The summed E-state index contributed by atoms with van der Waals surface area (Å²) in [5.41, 5.74) is 0.238. The van der Waals surface area contributed by atoms with E-state index >= 15 is 0 Å². The fourth-order valence-corrected chi connectivity index (χ4v) is 2.24. The predicted molar refractivity (Wildman–Crippen MR) is 60.6 cm³/mol. The van der Waals surface area contributed by atoms with Crippen molar-refractivity contribution in [2.45, 2.75) is 13.8 Å². The Balaban J connectivity index is 2.52. The van der Waals surface area contributed by atoms with E-state index in [4.69, 9.17) is 4.42 Å². The zero-order valence-electron chi connectivity index (χ0n) is 9.23. The first-order chi connectivity index (χ1) is 7.61. The Labute approximate surface area is 96.9 Å². The number of methoxy groups -OCH3 is 1. The number of hydrogen-bond donors (Lipinski definition) is 0. The third-order valence-corrected chi connectivity index (χ3v) is 3.08. The molecule has 0 aromatic carbocycles. The zero-order valence-corrected chi connectivity index (χ0v) is 10.1. The molecule has 0 aliphatic carbocycles. The first kappa shape index (κ1) is 10.9. The van der Waals surface area contributed by atoms with Crippen LogP contribution in [0.1, 0.15) is 21.3 Å². The average Bonchev–Trinajstić information content (AvgIpc) is 2.83. The van der Waals surface area contributed by atoms with E-state index in [0.29, 0.717) is 11.7 Å². The van der Waals surface area contributed by atoms with Crippen molar-refractivity contribution in [3.63, 3.8) is 0 Å². The predicted octanol–water partition coefficient (Wildman–Crippen LogP) is 2.81. The number of hydrogen-bond acceptors (Lipinski definition) is 5. The van der Waals surface area contributed by atoms with Crippen LogP contribution < -0.4 is 0 Å². The molecule has 16 heavy (non-hydrogen) atoms. The van der Waals surface area contributed by atoms with E-state index in [0.717, 1.165) is 9.75 Å². The van der Waals surface area contributed by atoms with Crippen molar-refractivity contribution >= 4 is 17.3 Å². The maximum atomic E-state index is 11.5. The van der Waals surface area contributed by atoms with Gasteiger partial charge in [-0.25, -0.2) is 9.78 Å². The Morgan fingerprint density at radius 2 is 2.19 bits per heavy atom. The first-order valence-corrected chi connectivity index (χ1v) is 5.56. The molecular formula is C11H11NO3S. The second kappa shape index (κ2) is 4.09. The molecule has 0 amide bonds. The van der Waals surface area contributed by atoms with Crippen LogP contribution in [0.15, 0.2) is 16.5 Å². The molecule has 2 heterocycles. The van der Waals surface area contributed by atoms with Gasteiger partial charge in [0.05, 0.1) is 12.0 Å². The van der Waals surface area contributed by atoms with Crippen LogP contribution in [0.4, 0.5) is 0 Å². The molecule has 0 radical (unpaired) electrons. The van der Waals surface area contributed by atoms with Gasteiger partial charge in [-0.1, -0.05) is 0 Å². The van der Waals surface area contributed by atoms with Crippen molar-refractivity contribution in [3.05, 3.63) is 28.6 Å². The van der Waals surface area contributed by atoms with Crippen molar-refractivity contribution in [3.8, 4) is 10.6 Å². The first-order valence-electron chi connectivity index (χ1n) is 4.74. The third-order valence-electron chi connectivity index (χ3n) is 2.08. The topological polar surface area (TPSA) is 52.3 Å². The van der Waals surface area contributed by atoms with Crippen LogP contribution in [-0.2, 0) is 4.74 Å². The van der Waals surface area contributed by atoms with Gasteiger partial charge in [0.1, 0.15) is 0 Å². The summed E-state index contributed by atoms with van der Waals surface area (Å²) < 4.78 is 10.1. The molecule has 0 aliphatic rings. The maximum Gasteiger partial charge on any atom is 0.360 e. The Kier molecular flexibility index (Phi) is 2.78. The van der Waals surface area contributed by atoms with Crippen LogP contribution in [-0.4, -0.2) is 18.1 Å². The van der Waals surface area contributed by atoms with E-state index in [1.165, 1.54) is 7.11 Å². The Bertz CT molecular complexity index is 527. The maximum absolute atomic E-state index is 11.5. The van der Waals surface area contributed by atoms with E-state index < -0.39 is 5.97 Å². The number of carbonyl (C=O) groups excluding carboxylic acids is 1. The highest BCUT2D eigenvalue weighted by Crippen LogP contribution is 2.31. The molecule has 0 unspecified atom stereocenters. The Morgan fingerprint density at radius 3 is 2.75 bits per heavy atom. The fraction of sp³-hybridized carbons (Fsp3) is 0.273. The minimum atomic E-state index is -0.474. The van der Waals surface area contributed by atoms with E-state index in [2.05, 4.69) is 9.72 Å². The molecule has 84 valence electrons. The lowest BCUT2D eigenvalue weighted by Gasteiger charge is -1.95. The number of aryl methyl sites for hydroxylation is 2. The summed E-state index contributed by atoms with van der Waals surface area (Å²) in [6.45, 7) is 3.70. The molecule has 2 aromatic heterocycles. The molecule has 0 N–H and O–H groups in total. The van der Waals surface area contributed by atoms with Crippen LogP contribution >= 0.6 is 11.3 Å². The van der Waals surface area contributed by atoms with Gasteiger partial charge >= 0.3 is 5.97 Å². The number of aromatic nitrogens is 1. The second-order valence-corrected chi connectivity index (χ2v) is 4.60. The number of thiophene rings is 1. The summed E-state index contributed by atoms with van der Waals surface area (Å²) in [7, 11) is 1.33. The van der Waals surface area contributed by atoms with Gasteiger partial charge < -0.3 is 9.15 Å². The van der Waals surface area contributed by atoms with Crippen LogP contribution in [0, 0.1) is 13.8 Å². The average molecular weight is 237 g/mol. The zero-order chi connectivity index (χ0) is 11.7. The van der Waals surface area contributed by atoms with Gasteiger partial charge in [0.15, 0.2) is 17.3 Å². The monoisotopic (exact) mass is 237 g/mol. The second-order valence-electron chi connectivity index (χ2n) is 3.31. The van der Waals surface area contributed by atoms with Gasteiger partial charge in [-0.2, -0.15) is 0 Å².